The third kappa shape index (κ3) is 4.42. The van der Waals surface area contributed by atoms with Gasteiger partial charge in [-0.3, -0.25) is 4.79 Å². The van der Waals surface area contributed by atoms with Crippen molar-refractivity contribution in [2.24, 2.45) is 0 Å². The summed E-state index contributed by atoms with van der Waals surface area (Å²) < 4.78 is 0. The lowest BCUT2D eigenvalue weighted by Gasteiger charge is -2.15. The lowest BCUT2D eigenvalue weighted by atomic mass is 10.1. The normalized spacial score (nSPS) is 22.4. The first-order valence-corrected chi connectivity index (χ1v) is 5.44. The Morgan fingerprint density at radius 2 is 2.43 bits per heavy atom. The molecule has 1 saturated heterocycles. The van der Waals surface area contributed by atoms with Crippen molar-refractivity contribution in [1.29, 1.82) is 0 Å². The molecule has 3 heteroatoms. The van der Waals surface area contributed by atoms with Crippen LogP contribution in [0.2, 0.25) is 0 Å². The van der Waals surface area contributed by atoms with Gasteiger partial charge in [0.15, 0.2) is 0 Å². The van der Waals surface area contributed by atoms with E-state index in [2.05, 4.69) is 17.2 Å². The largest absolute Gasteiger partial charge is 0.352 e. The first-order valence-electron chi connectivity index (χ1n) is 5.44. The summed E-state index contributed by atoms with van der Waals surface area (Å²) in [5.74, 6) is 0.151. The van der Waals surface area contributed by atoms with Crippen molar-refractivity contribution in [2.75, 3.05) is 13.1 Å². The van der Waals surface area contributed by atoms with Crippen molar-refractivity contribution in [3.8, 4) is 0 Å². The molecule has 1 heterocycles. The molecule has 0 aromatic rings. The van der Waals surface area contributed by atoms with Gasteiger partial charge in [0.25, 0.3) is 0 Å². The van der Waals surface area contributed by atoms with Gasteiger partial charge in [0, 0.05) is 19.0 Å². The summed E-state index contributed by atoms with van der Waals surface area (Å²) in [7, 11) is 0. The van der Waals surface area contributed by atoms with Crippen LogP contribution >= 0.6 is 0 Å². The Morgan fingerprint density at radius 1 is 1.57 bits per heavy atom. The van der Waals surface area contributed by atoms with E-state index < -0.39 is 0 Å². The predicted octanol–water partition coefficient (Wildman–Crippen LogP) is 1.21. The van der Waals surface area contributed by atoms with E-state index in [0.717, 1.165) is 25.9 Å². The van der Waals surface area contributed by atoms with Crippen LogP contribution in [0, 0.1) is 0 Å². The summed E-state index contributed by atoms with van der Waals surface area (Å²) in [5, 5.41) is 6.37. The molecule has 1 atom stereocenters. The van der Waals surface area contributed by atoms with Gasteiger partial charge in [-0.1, -0.05) is 12.5 Å². The molecule has 1 amide bonds. The van der Waals surface area contributed by atoms with Crippen LogP contribution in [0.3, 0.4) is 0 Å². The van der Waals surface area contributed by atoms with Crippen molar-refractivity contribution in [3.63, 3.8) is 0 Å². The summed E-state index contributed by atoms with van der Waals surface area (Å²) in [6.07, 6.45) is 6.65. The first-order chi connectivity index (χ1) is 6.83. The Kier molecular flexibility index (Phi) is 5.30. The number of amides is 1. The smallest absolute Gasteiger partial charge is 0.220 e. The molecule has 1 fully saturated rings. The number of rotatable bonds is 4. The van der Waals surface area contributed by atoms with Crippen molar-refractivity contribution in [3.05, 3.63) is 12.7 Å². The van der Waals surface area contributed by atoms with Crippen LogP contribution in [0.1, 0.15) is 32.1 Å². The van der Waals surface area contributed by atoms with E-state index in [1.54, 1.807) is 6.08 Å². The van der Waals surface area contributed by atoms with Gasteiger partial charge >= 0.3 is 0 Å². The zero-order valence-corrected chi connectivity index (χ0v) is 8.72. The van der Waals surface area contributed by atoms with E-state index in [1.165, 1.54) is 12.8 Å². The Bertz CT molecular complexity index is 184. The highest BCUT2D eigenvalue weighted by Crippen LogP contribution is 2.04. The molecule has 0 radical (unpaired) electrons. The molecular weight excluding hydrogens is 176 g/mol. The molecule has 14 heavy (non-hydrogen) atoms. The number of hydrogen-bond acceptors (Lipinski definition) is 2. The molecule has 0 spiro atoms. The number of nitrogens with one attached hydrogen (secondary N) is 2. The van der Waals surface area contributed by atoms with Crippen LogP contribution < -0.4 is 10.6 Å². The van der Waals surface area contributed by atoms with E-state index >= 15 is 0 Å². The second kappa shape index (κ2) is 6.60. The fourth-order valence-corrected chi connectivity index (χ4v) is 1.68. The van der Waals surface area contributed by atoms with E-state index in [0.29, 0.717) is 12.5 Å². The van der Waals surface area contributed by atoms with E-state index in [9.17, 15) is 4.79 Å². The highest BCUT2D eigenvalue weighted by Gasteiger charge is 2.13. The second-order valence-corrected chi connectivity index (χ2v) is 3.79. The monoisotopic (exact) mass is 196 g/mol. The number of carbonyl (C=O) groups is 1. The Balaban J connectivity index is 2.20. The van der Waals surface area contributed by atoms with Gasteiger partial charge in [0.1, 0.15) is 0 Å². The average molecular weight is 196 g/mol. The number of allylic oxidation sites excluding steroid dienone is 1. The molecule has 0 aromatic heterocycles. The highest BCUT2D eigenvalue weighted by atomic mass is 16.1. The van der Waals surface area contributed by atoms with Crippen LogP contribution in [-0.2, 0) is 4.79 Å². The number of carbonyl (C=O) groups excluding carboxylic acids is 1. The first kappa shape index (κ1) is 11.2. The van der Waals surface area contributed by atoms with Crippen molar-refractivity contribution in [2.45, 2.75) is 38.1 Å². The SMILES string of the molecule is C=CCCC(=O)NC1CCCCNC1. The lowest BCUT2D eigenvalue weighted by molar-refractivity contribution is -0.121. The van der Waals surface area contributed by atoms with E-state index in [4.69, 9.17) is 0 Å². The van der Waals surface area contributed by atoms with Crippen LogP contribution in [0.5, 0.6) is 0 Å². The van der Waals surface area contributed by atoms with Gasteiger partial charge in [0.2, 0.25) is 5.91 Å². The Hall–Kier alpha value is -0.830. The van der Waals surface area contributed by atoms with Crippen molar-refractivity contribution < 1.29 is 4.79 Å². The highest BCUT2D eigenvalue weighted by molar-refractivity contribution is 5.76. The second-order valence-electron chi connectivity index (χ2n) is 3.79. The van der Waals surface area contributed by atoms with Crippen molar-refractivity contribution in [1.82, 2.24) is 10.6 Å². The molecule has 0 aliphatic carbocycles. The van der Waals surface area contributed by atoms with Gasteiger partial charge < -0.3 is 10.6 Å². The van der Waals surface area contributed by atoms with Gasteiger partial charge in [-0.25, -0.2) is 0 Å². The molecule has 3 nitrogen and oxygen atoms in total. The molecule has 80 valence electrons. The standard InChI is InChI=1S/C11H20N2O/c1-2-3-7-11(14)13-10-6-4-5-8-12-9-10/h2,10,12H,1,3-9H2,(H,13,14). The molecule has 0 saturated carbocycles. The number of hydrogen-bond donors (Lipinski definition) is 2. The molecule has 1 aliphatic rings. The van der Waals surface area contributed by atoms with Crippen LogP contribution in [0.15, 0.2) is 12.7 Å². The van der Waals surface area contributed by atoms with Crippen LogP contribution in [-0.4, -0.2) is 25.0 Å². The fourth-order valence-electron chi connectivity index (χ4n) is 1.68. The van der Waals surface area contributed by atoms with E-state index in [-0.39, 0.29) is 5.91 Å². The van der Waals surface area contributed by atoms with Crippen LogP contribution in [0.4, 0.5) is 0 Å². The van der Waals surface area contributed by atoms with Crippen LogP contribution in [0.25, 0.3) is 0 Å². The zero-order valence-electron chi connectivity index (χ0n) is 8.72. The maximum Gasteiger partial charge on any atom is 0.220 e. The molecule has 1 aliphatic heterocycles. The third-order valence-corrected chi connectivity index (χ3v) is 2.49. The summed E-state index contributed by atoms with van der Waals surface area (Å²) >= 11 is 0. The van der Waals surface area contributed by atoms with Gasteiger partial charge in [0.05, 0.1) is 0 Å². The molecule has 0 aromatic carbocycles. The van der Waals surface area contributed by atoms with Gasteiger partial charge in [-0.2, -0.15) is 0 Å². The quantitative estimate of drug-likeness (QED) is 0.664. The average Bonchev–Trinajstić information content (AvgIpc) is 2.43. The lowest BCUT2D eigenvalue weighted by Crippen LogP contribution is -2.40. The third-order valence-electron chi connectivity index (χ3n) is 2.49. The summed E-state index contributed by atoms with van der Waals surface area (Å²) in [4.78, 5) is 11.4. The minimum Gasteiger partial charge on any atom is -0.352 e. The molecule has 0 bridgehead atoms. The fraction of sp³-hybridized carbons (Fsp3) is 0.727. The summed E-state index contributed by atoms with van der Waals surface area (Å²) in [6, 6.07) is 0.329. The molecule has 1 rings (SSSR count). The molecular formula is C11H20N2O. The zero-order chi connectivity index (χ0) is 10.2. The minimum absolute atomic E-state index is 0.151. The molecule has 2 N–H and O–H groups in total. The topological polar surface area (TPSA) is 41.1 Å². The minimum atomic E-state index is 0.151. The van der Waals surface area contributed by atoms with Crippen molar-refractivity contribution >= 4 is 5.91 Å². The summed E-state index contributed by atoms with van der Waals surface area (Å²) in [6.45, 7) is 5.60. The maximum absolute atomic E-state index is 11.4. The van der Waals surface area contributed by atoms with E-state index in [1.807, 2.05) is 0 Å². The van der Waals surface area contributed by atoms with Gasteiger partial charge in [-0.05, 0) is 25.8 Å². The maximum atomic E-state index is 11.4. The Morgan fingerprint density at radius 3 is 3.21 bits per heavy atom. The van der Waals surface area contributed by atoms with Gasteiger partial charge in [-0.15, -0.1) is 6.58 Å². The summed E-state index contributed by atoms with van der Waals surface area (Å²) in [5.41, 5.74) is 0. The molecule has 1 unspecified atom stereocenters. The Labute approximate surface area is 86.0 Å². The predicted molar refractivity (Wildman–Crippen MR) is 58.1 cm³/mol.